The Labute approximate surface area is 91.4 Å². The molecule has 1 rings (SSSR count). The molecule has 0 atom stereocenters. The Morgan fingerprint density at radius 3 is 2.81 bits per heavy atom. The highest BCUT2D eigenvalue weighted by Crippen LogP contribution is 2.16. The van der Waals surface area contributed by atoms with Gasteiger partial charge in [-0.15, -0.1) is 0 Å². The fourth-order valence-electron chi connectivity index (χ4n) is 1.04. The average Bonchev–Trinajstić information content (AvgIpc) is 2.24. The molecule has 0 aliphatic carbocycles. The van der Waals surface area contributed by atoms with Gasteiger partial charge in [-0.05, 0) is 19.1 Å². The van der Waals surface area contributed by atoms with Gasteiger partial charge in [0.05, 0.1) is 5.69 Å². The van der Waals surface area contributed by atoms with Crippen molar-refractivity contribution < 1.29 is 18.7 Å². The number of rotatable bonds is 4. The first kappa shape index (κ1) is 12.2. The first-order valence-electron chi connectivity index (χ1n) is 4.60. The maximum atomic E-state index is 13.1. The van der Waals surface area contributed by atoms with Crippen LogP contribution in [0.4, 0.5) is 14.5 Å². The van der Waals surface area contributed by atoms with E-state index in [1.807, 2.05) is 0 Å². The van der Waals surface area contributed by atoms with Crippen molar-refractivity contribution in [1.82, 2.24) is 0 Å². The topological polar surface area (TPSA) is 49.3 Å². The zero-order valence-electron chi connectivity index (χ0n) is 8.63. The summed E-state index contributed by atoms with van der Waals surface area (Å²) in [5.41, 5.74) is 0.152. The van der Waals surface area contributed by atoms with Crippen molar-refractivity contribution >= 4 is 11.7 Å². The van der Waals surface area contributed by atoms with Crippen molar-refractivity contribution in [3.05, 3.63) is 41.5 Å². The minimum Gasteiger partial charge on any atom is -0.478 e. The van der Waals surface area contributed by atoms with Crippen LogP contribution in [-0.4, -0.2) is 17.6 Å². The summed E-state index contributed by atoms with van der Waals surface area (Å²) in [6.45, 7) is 1.55. The Balaban J connectivity index is 2.66. The average molecular weight is 227 g/mol. The summed E-state index contributed by atoms with van der Waals surface area (Å²) in [5.74, 6) is -2.95. The van der Waals surface area contributed by atoms with Crippen LogP contribution in [0, 0.1) is 11.6 Å². The van der Waals surface area contributed by atoms with Gasteiger partial charge in [0, 0.05) is 12.1 Å². The number of hydrogen-bond acceptors (Lipinski definition) is 2. The van der Waals surface area contributed by atoms with Crippen molar-refractivity contribution in [3.63, 3.8) is 0 Å². The van der Waals surface area contributed by atoms with E-state index in [2.05, 4.69) is 5.32 Å². The van der Waals surface area contributed by atoms with Gasteiger partial charge in [0.25, 0.3) is 0 Å². The number of hydrogen-bond donors (Lipinski definition) is 2. The first-order valence-corrected chi connectivity index (χ1v) is 4.60. The summed E-state index contributed by atoms with van der Waals surface area (Å²) in [5, 5.41) is 11.1. The fraction of sp³-hybridized carbons (Fsp3) is 0.182. The molecule has 0 aliphatic rings. The van der Waals surface area contributed by atoms with E-state index in [-0.39, 0.29) is 17.8 Å². The number of carboxylic acids is 1. The van der Waals surface area contributed by atoms with Crippen LogP contribution < -0.4 is 5.32 Å². The summed E-state index contributed by atoms with van der Waals surface area (Å²) in [6, 6.07) is 3.76. The summed E-state index contributed by atoms with van der Waals surface area (Å²) >= 11 is 0. The Kier molecular flexibility index (Phi) is 3.99. The highest BCUT2D eigenvalue weighted by molar-refractivity contribution is 5.85. The Morgan fingerprint density at radius 1 is 1.50 bits per heavy atom. The number of halogens is 2. The van der Waals surface area contributed by atoms with E-state index in [9.17, 15) is 13.6 Å². The molecule has 0 amide bonds. The standard InChI is InChI=1S/C11H11F2NO2/c1-7(11(15)16)5-6-14-9-4-2-3-8(12)10(9)13/h2-5,14H,6H2,1H3,(H,15,16)/b7-5-. The normalized spacial score (nSPS) is 11.3. The van der Waals surface area contributed by atoms with Gasteiger partial charge in [0.1, 0.15) is 0 Å². The Bertz CT molecular complexity index is 430. The highest BCUT2D eigenvalue weighted by Gasteiger charge is 2.06. The van der Waals surface area contributed by atoms with E-state index in [4.69, 9.17) is 5.11 Å². The molecule has 5 heteroatoms. The smallest absolute Gasteiger partial charge is 0.331 e. The van der Waals surface area contributed by atoms with E-state index >= 15 is 0 Å². The number of nitrogens with one attached hydrogen (secondary N) is 1. The second-order valence-electron chi connectivity index (χ2n) is 3.17. The number of carbonyl (C=O) groups is 1. The second kappa shape index (κ2) is 5.25. The van der Waals surface area contributed by atoms with Gasteiger partial charge in [-0.1, -0.05) is 12.1 Å². The SMILES string of the molecule is C/C(=C/CNc1cccc(F)c1F)C(=O)O. The summed E-state index contributed by atoms with van der Waals surface area (Å²) in [7, 11) is 0. The van der Waals surface area contributed by atoms with E-state index in [0.717, 1.165) is 6.07 Å². The number of carboxylic acid groups (broad SMARTS) is 1. The molecule has 0 unspecified atom stereocenters. The van der Waals surface area contributed by atoms with Gasteiger partial charge in [0.2, 0.25) is 0 Å². The molecular formula is C11H11F2NO2. The van der Waals surface area contributed by atoms with Crippen LogP contribution in [0.2, 0.25) is 0 Å². The van der Waals surface area contributed by atoms with E-state index in [0.29, 0.717) is 0 Å². The van der Waals surface area contributed by atoms with Crippen molar-refractivity contribution in [2.75, 3.05) is 11.9 Å². The molecule has 16 heavy (non-hydrogen) atoms. The van der Waals surface area contributed by atoms with Gasteiger partial charge >= 0.3 is 5.97 Å². The molecule has 1 aromatic carbocycles. The molecule has 2 N–H and O–H groups in total. The van der Waals surface area contributed by atoms with Crippen LogP contribution in [0.15, 0.2) is 29.8 Å². The molecule has 0 heterocycles. The number of anilines is 1. The number of aliphatic carboxylic acids is 1. The maximum absolute atomic E-state index is 13.1. The van der Waals surface area contributed by atoms with E-state index < -0.39 is 17.6 Å². The van der Waals surface area contributed by atoms with Gasteiger partial charge in [0.15, 0.2) is 11.6 Å². The lowest BCUT2D eigenvalue weighted by Crippen LogP contribution is -2.05. The van der Waals surface area contributed by atoms with Crippen molar-refractivity contribution in [3.8, 4) is 0 Å². The molecule has 0 spiro atoms. The van der Waals surface area contributed by atoms with E-state index in [1.165, 1.54) is 25.1 Å². The summed E-state index contributed by atoms with van der Waals surface area (Å²) in [6.07, 6.45) is 1.38. The molecule has 0 bridgehead atoms. The Hall–Kier alpha value is -1.91. The zero-order valence-corrected chi connectivity index (χ0v) is 8.63. The lowest BCUT2D eigenvalue weighted by molar-refractivity contribution is -0.132. The van der Waals surface area contributed by atoms with Crippen LogP contribution in [0.25, 0.3) is 0 Å². The third kappa shape index (κ3) is 3.05. The third-order valence-corrected chi connectivity index (χ3v) is 1.99. The van der Waals surface area contributed by atoms with Crippen molar-refractivity contribution in [1.29, 1.82) is 0 Å². The molecule has 0 saturated carbocycles. The predicted octanol–water partition coefficient (Wildman–Crippen LogP) is 2.41. The molecular weight excluding hydrogens is 216 g/mol. The van der Waals surface area contributed by atoms with Crippen molar-refractivity contribution in [2.24, 2.45) is 0 Å². The molecule has 0 radical (unpaired) electrons. The van der Waals surface area contributed by atoms with E-state index in [1.54, 1.807) is 0 Å². The molecule has 86 valence electrons. The predicted molar refractivity (Wildman–Crippen MR) is 56.2 cm³/mol. The van der Waals surface area contributed by atoms with Crippen LogP contribution in [0.1, 0.15) is 6.92 Å². The van der Waals surface area contributed by atoms with Crippen LogP contribution in [0.3, 0.4) is 0 Å². The van der Waals surface area contributed by atoms with Gasteiger partial charge in [-0.2, -0.15) is 0 Å². The van der Waals surface area contributed by atoms with Gasteiger partial charge in [-0.3, -0.25) is 0 Å². The monoisotopic (exact) mass is 227 g/mol. The number of benzene rings is 1. The fourth-order valence-corrected chi connectivity index (χ4v) is 1.04. The second-order valence-corrected chi connectivity index (χ2v) is 3.17. The Morgan fingerprint density at radius 2 is 2.19 bits per heavy atom. The summed E-state index contributed by atoms with van der Waals surface area (Å²) in [4.78, 5) is 10.4. The largest absolute Gasteiger partial charge is 0.478 e. The van der Waals surface area contributed by atoms with Crippen LogP contribution >= 0.6 is 0 Å². The van der Waals surface area contributed by atoms with Crippen molar-refractivity contribution in [2.45, 2.75) is 6.92 Å². The van der Waals surface area contributed by atoms with Gasteiger partial charge < -0.3 is 10.4 Å². The lowest BCUT2D eigenvalue weighted by Gasteiger charge is -2.05. The highest BCUT2D eigenvalue weighted by atomic mass is 19.2. The van der Waals surface area contributed by atoms with Crippen LogP contribution in [0.5, 0.6) is 0 Å². The minimum atomic E-state index is -1.04. The molecule has 0 aromatic heterocycles. The van der Waals surface area contributed by atoms with Crippen LogP contribution in [-0.2, 0) is 4.79 Å². The quantitative estimate of drug-likeness (QED) is 0.776. The molecule has 3 nitrogen and oxygen atoms in total. The zero-order chi connectivity index (χ0) is 12.1. The summed E-state index contributed by atoms with van der Waals surface area (Å²) < 4.78 is 25.9. The molecule has 0 saturated heterocycles. The molecule has 0 fully saturated rings. The molecule has 1 aromatic rings. The lowest BCUT2D eigenvalue weighted by atomic mass is 10.2. The minimum absolute atomic E-state index is 0.00874. The van der Waals surface area contributed by atoms with Gasteiger partial charge in [-0.25, -0.2) is 13.6 Å². The first-order chi connectivity index (χ1) is 7.52. The maximum Gasteiger partial charge on any atom is 0.331 e. The third-order valence-electron chi connectivity index (χ3n) is 1.99. The molecule has 0 aliphatic heterocycles.